The first kappa shape index (κ1) is 24.9. The van der Waals surface area contributed by atoms with Crippen LogP contribution < -0.4 is 4.74 Å². The second-order valence-corrected chi connectivity index (χ2v) is 5.77. The Labute approximate surface area is 182 Å². The number of benzene rings is 1. The maximum absolute atomic E-state index is 11.0. The molecule has 1 aromatic carbocycles. The molecular weight excluding hydrogens is 392 g/mol. The van der Waals surface area contributed by atoms with Crippen molar-refractivity contribution in [3.63, 3.8) is 0 Å². The van der Waals surface area contributed by atoms with Crippen molar-refractivity contribution in [1.29, 1.82) is 0 Å². The molecule has 0 atom stereocenters. The van der Waals surface area contributed by atoms with E-state index >= 15 is 0 Å². The summed E-state index contributed by atoms with van der Waals surface area (Å²) < 4.78 is 10.2. The smallest absolute Gasteiger partial charge is 0.333 e. The van der Waals surface area contributed by atoms with Gasteiger partial charge in [0.05, 0.1) is 11.4 Å². The Bertz CT molecular complexity index is 874. The van der Waals surface area contributed by atoms with E-state index in [1.54, 1.807) is 37.5 Å². The lowest BCUT2D eigenvalue weighted by atomic mass is 10.3. The van der Waals surface area contributed by atoms with Crippen LogP contribution in [0.2, 0.25) is 0 Å². The van der Waals surface area contributed by atoms with E-state index in [0.29, 0.717) is 12.2 Å². The number of carbonyl (C=O) groups excluding carboxylic acids is 1. The van der Waals surface area contributed by atoms with E-state index < -0.39 is 0 Å². The number of esters is 1. The number of aromatic nitrogens is 4. The Morgan fingerprint density at radius 3 is 2.19 bits per heavy atom. The molecule has 0 aliphatic heterocycles. The lowest BCUT2D eigenvalue weighted by Gasteiger charge is -2.06. The molecule has 3 rings (SSSR count). The van der Waals surface area contributed by atoms with E-state index in [9.17, 15) is 4.79 Å². The van der Waals surface area contributed by atoms with Gasteiger partial charge < -0.3 is 9.47 Å². The molecule has 0 aliphatic carbocycles. The fourth-order valence-electron chi connectivity index (χ4n) is 1.78. The molecule has 160 valence electrons. The van der Waals surface area contributed by atoms with Crippen molar-refractivity contribution in [3.8, 4) is 5.75 Å². The van der Waals surface area contributed by atoms with Crippen LogP contribution in [0.25, 0.3) is 12.2 Å². The molecule has 31 heavy (non-hydrogen) atoms. The fraction of sp³-hybridized carbons (Fsp3) is 0.125. The van der Waals surface area contributed by atoms with Crippen LogP contribution >= 0.6 is 0 Å². The zero-order valence-corrected chi connectivity index (χ0v) is 17.6. The summed E-state index contributed by atoms with van der Waals surface area (Å²) in [5.74, 6) is 0.385. The van der Waals surface area contributed by atoms with E-state index in [4.69, 9.17) is 9.47 Å². The molecule has 0 bridgehead atoms. The standard InChI is InChI=1S/C12H14O3.2C6H6N2/c1-10(2)12(13)15-9-8-14-11-6-4-3-5-7-11;1-2-6-3-4-7-5-8-6;1-2-6-4-3-5-7-8-6/h3-7H,1,8-9H2,2H3;2*2-5H,1H2. The van der Waals surface area contributed by atoms with Crippen LogP contribution in [0.3, 0.4) is 0 Å². The average Bonchev–Trinajstić information content (AvgIpc) is 2.84. The van der Waals surface area contributed by atoms with Crippen LogP contribution in [-0.2, 0) is 9.53 Å². The van der Waals surface area contributed by atoms with Gasteiger partial charge in [-0.15, -0.1) is 0 Å². The summed E-state index contributed by atoms with van der Waals surface area (Å²) in [6, 6.07) is 14.8. The Morgan fingerprint density at radius 2 is 1.71 bits per heavy atom. The predicted octanol–water partition coefficient (Wildman–Crippen LogP) is 4.42. The van der Waals surface area contributed by atoms with Crippen molar-refractivity contribution < 1.29 is 14.3 Å². The van der Waals surface area contributed by atoms with Gasteiger partial charge >= 0.3 is 5.97 Å². The summed E-state index contributed by atoms with van der Waals surface area (Å²) >= 11 is 0. The highest BCUT2D eigenvalue weighted by Crippen LogP contribution is 2.07. The monoisotopic (exact) mass is 418 g/mol. The van der Waals surface area contributed by atoms with Crippen LogP contribution in [0.5, 0.6) is 5.75 Å². The molecule has 0 saturated heterocycles. The maximum atomic E-state index is 11.0. The topological polar surface area (TPSA) is 87.1 Å². The van der Waals surface area contributed by atoms with Crippen molar-refractivity contribution >= 4 is 18.1 Å². The molecule has 3 aromatic rings. The zero-order valence-electron chi connectivity index (χ0n) is 17.6. The number of carbonyl (C=O) groups is 1. The van der Waals surface area contributed by atoms with Gasteiger partial charge in [-0.2, -0.15) is 10.2 Å². The van der Waals surface area contributed by atoms with Crippen molar-refractivity contribution in [3.05, 3.63) is 104 Å². The van der Waals surface area contributed by atoms with Gasteiger partial charge in [0.2, 0.25) is 0 Å². The molecule has 2 heterocycles. The van der Waals surface area contributed by atoms with Crippen LogP contribution in [-0.4, -0.2) is 39.3 Å². The minimum absolute atomic E-state index is 0.237. The quantitative estimate of drug-likeness (QED) is 0.319. The summed E-state index contributed by atoms with van der Waals surface area (Å²) in [6.07, 6.45) is 8.16. The van der Waals surface area contributed by atoms with Crippen molar-refractivity contribution in [2.75, 3.05) is 13.2 Å². The highest BCUT2D eigenvalue weighted by molar-refractivity contribution is 5.86. The first-order chi connectivity index (χ1) is 15.1. The summed E-state index contributed by atoms with van der Waals surface area (Å²) in [5.41, 5.74) is 2.07. The van der Waals surface area contributed by atoms with Crippen molar-refractivity contribution in [2.45, 2.75) is 6.92 Å². The summed E-state index contributed by atoms with van der Waals surface area (Å²) in [4.78, 5) is 18.6. The van der Waals surface area contributed by atoms with Gasteiger partial charge in [-0.25, -0.2) is 14.8 Å². The Morgan fingerprint density at radius 1 is 0.968 bits per heavy atom. The van der Waals surface area contributed by atoms with Gasteiger partial charge in [-0.05, 0) is 49.4 Å². The van der Waals surface area contributed by atoms with Gasteiger partial charge in [0.15, 0.2) is 0 Å². The van der Waals surface area contributed by atoms with Gasteiger partial charge in [-0.3, -0.25) is 0 Å². The molecule has 2 aromatic heterocycles. The molecule has 7 heteroatoms. The van der Waals surface area contributed by atoms with Crippen LogP contribution in [0.4, 0.5) is 0 Å². The van der Waals surface area contributed by atoms with E-state index in [1.807, 2.05) is 42.5 Å². The number of hydrogen-bond donors (Lipinski definition) is 0. The summed E-state index contributed by atoms with van der Waals surface area (Å²) in [6.45, 7) is 12.7. The first-order valence-electron chi connectivity index (χ1n) is 9.36. The van der Waals surface area contributed by atoms with Crippen molar-refractivity contribution in [1.82, 2.24) is 20.2 Å². The summed E-state index contributed by atoms with van der Waals surface area (Å²) in [5, 5.41) is 7.36. The second-order valence-electron chi connectivity index (χ2n) is 5.77. The highest BCUT2D eigenvalue weighted by Gasteiger charge is 2.01. The van der Waals surface area contributed by atoms with Crippen molar-refractivity contribution in [2.24, 2.45) is 0 Å². The number of hydrogen-bond acceptors (Lipinski definition) is 7. The lowest BCUT2D eigenvalue weighted by molar-refractivity contribution is -0.139. The minimum atomic E-state index is -0.383. The molecule has 7 nitrogen and oxygen atoms in total. The molecule has 0 aliphatic rings. The Kier molecular flexibility index (Phi) is 12.7. The highest BCUT2D eigenvalue weighted by atomic mass is 16.6. The average molecular weight is 418 g/mol. The van der Waals surface area contributed by atoms with E-state index in [2.05, 4.69) is 39.9 Å². The third kappa shape index (κ3) is 12.1. The molecule has 0 radical (unpaired) electrons. The fourth-order valence-corrected chi connectivity index (χ4v) is 1.78. The largest absolute Gasteiger partial charge is 0.490 e. The molecular formula is C24H26N4O3. The first-order valence-corrected chi connectivity index (χ1v) is 9.36. The molecule has 0 amide bonds. The van der Waals surface area contributed by atoms with Crippen LogP contribution in [0, 0.1) is 0 Å². The maximum Gasteiger partial charge on any atom is 0.333 e. The van der Waals surface area contributed by atoms with Gasteiger partial charge in [-0.1, -0.05) is 37.9 Å². The molecule has 0 fully saturated rings. The molecule has 0 N–H and O–H groups in total. The predicted molar refractivity (Wildman–Crippen MR) is 122 cm³/mol. The summed E-state index contributed by atoms with van der Waals surface area (Å²) in [7, 11) is 0. The normalized spacial score (nSPS) is 8.94. The van der Waals surface area contributed by atoms with Crippen LogP contribution in [0.15, 0.2) is 92.6 Å². The number of para-hydroxylation sites is 1. The number of nitrogens with zero attached hydrogens (tertiary/aromatic N) is 4. The molecule has 0 spiro atoms. The third-order valence-corrected chi connectivity index (χ3v) is 3.29. The third-order valence-electron chi connectivity index (χ3n) is 3.29. The number of ether oxygens (including phenoxy) is 2. The lowest BCUT2D eigenvalue weighted by Crippen LogP contribution is -2.12. The van der Waals surface area contributed by atoms with Gasteiger partial charge in [0, 0.05) is 18.0 Å². The second kappa shape index (κ2) is 15.8. The molecule has 0 saturated carbocycles. The minimum Gasteiger partial charge on any atom is -0.490 e. The van der Waals surface area contributed by atoms with E-state index in [0.717, 1.165) is 17.1 Å². The number of rotatable bonds is 7. The van der Waals surface area contributed by atoms with Crippen LogP contribution in [0.1, 0.15) is 18.3 Å². The van der Waals surface area contributed by atoms with Gasteiger partial charge in [0.25, 0.3) is 0 Å². The Balaban J connectivity index is 0.000000253. The molecule has 0 unspecified atom stereocenters. The van der Waals surface area contributed by atoms with E-state index in [-0.39, 0.29) is 12.6 Å². The van der Waals surface area contributed by atoms with E-state index in [1.165, 1.54) is 6.33 Å². The SMILES string of the molecule is C=C(C)C(=O)OCCOc1ccccc1.C=Cc1cccnn1.C=Cc1ccncn1. The Hall–Kier alpha value is -4.13. The zero-order chi connectivity index (χ0) is 22.7. The van der Waals surface area contributed by atoms with Gasteiger partial charge in [0.1, 0.15) is 25.3 Å².